The van der Waals surface area contributed by atoms with Crippen LogP contribution < -0.4 is 0 Å². The molecule has 0 amide bonds. The van der Waals surface area contributed by atoms with Gasteiger partial charge in [0.15, 0.2) is 0 Å². The lowest BCUT2D eigenvalue weighted by Gasteiger charge is -2.32. The molecule has 0 aliphatic carbocycles. The van der Waals surface area contributed by atoms with E-state index in [9.17, 15) is 13.2 Å². The highest BCUT2D eigenvalue weighted by Crippen LogP contribution is 2.29. The molecule has 1 atom stereocenters. The standard InChI is InChI=1S/C12H13BrClNO5S/c1-19-12(16)10-7-20-5-4-15(10)21(17,18)11-3-2-8(13)6-9(11)14/h2-3,6,10H,4-5,7H2,1H3. The van der Waals surface area contributed by atoms with E-state index in [1.807, 2.05) is 0 Å². The fraction of sp³-hybridized carbons (Fsp3) is 0.417. The first-order valence-corrected chi connectivity index (χ1v) is 8.61. The van der Waals surface area contributed by atoms with Crippen molar-refractivity contribution in [3.05, 3.63) is 27.7 Å². The van der Waals surface area contributed by atoms with E-state index in [1.54, 1.807) is 6.07 Å². The van der Waals surface area contributed by atoms with Gasteiger partial charge in [0.25, 0.3) is 0 Å². The molecule has 21 heavy (non-hydrogen) atoms. The van der Waals surface area contributed by atoms with Gasteiger partial charge in [-0.15, -0.1) is 0 Å². The molecule has 116 valence electrons. The molecule has 2 rings (SSSR count). The number of methoxy groups -OCH3 is 1. The lowest BCUT2D eigenvalue weighted by molar-refractivity contribution is -0.149. The van der Waals surface area contributed by atoms with Crippen molar-refractivity contribution in [2.75, 3.05) is 26.9 Å². The Bertz CT molecular complexity index is 651. The monoisotopic (exact) mass is 397 g/mol. The Kier molecular flexibility index (Phi) is 5.26. The molecule has 1 heterocycles. The van der Waals surface area contributed by atoms with Gasteiger partial charge in [0.1, 0.15) is 10.9 Å². The second-order valence-corrected chi connectivity index (χ2v) is 7.49. The molecular formula is C12H13BrClNO5S. The Balaban J connectivity index is 2.43. The Morgan fingerprint density at radius 3 is 2.86 bits per heavy atom. The summed E-state index contributed by atoms with van der Waals surface area (Å²) in [6.45, 7) is 0.232. The number of hydrogen-bond donors (Lipinski definition) is 0. The van der Waals surface area contributed by atoms with Crippen molar-refractivity contribution in [3.8, 4) is 0 Å². The van der Waals surface area contributed by atoms with Crippen molar-refractivity contribution in [2.24, 2.45) is 0 Å². The van der Waals surface area contributed by atoms with Gasteiger partial charge < -0.3 is 9.47 Å². The lowest BCUT2D eigenvalue weighted by Crippen LogP contribution is -2.52. The number of rotatable bonds is 3. The molecule has 6 nitrogen and oxygen atoms in total. The first kappa shape index (κ1) is 16.7. The summed E-state index contributed by atoms with van der Waals surface area (Å²) in [6.07, 6.45) is 0. The Labute approximate surface area is 136 Å². The molecule has 0 aromatic heterocycles. The Morgan fingerprint density at radius 1 is 1.52 bits per heavy atom. The van der Waals surface area contributed by atoms with Crippen LogP contribution in [0.1, 0.15) is 0 Å². The Hall–Kier alpha value is -0.670. The number of hydrogen-bond acceptors (Lipinski definition) is 5. The largest absolute Gasteiger partial charge is 0.468 e. The first-order chi connectivity index (χ1) is 9.87. The SMILES string of the molecule is COC(=O)C1COCCN1S(=O)(=O)c1ccc(Br)cc1Cl. The van der Waals surface area contributed by atoms with E-state index in [2.05, 4.69) is 20.7 Å². The summed E-state index contributed by atoms with van der Waals surface area (Å²) in [5, 5.41) is 0.0829. The maximum Gasteiger partial charge on any atom is 0.326 e. The van der Waals surface area contributed by atoms with E-state index in [4.69, 9.17) is 16.3 Å². The normalized spacial score (nSPS) is 20.2. The van der Waals surface area contributed by atoms with Crippen LogP contribution in [0.4, 0.5) is 0 Å². The zero-order chi connectivity index (χ0) is 15.6. The summed E-state index contributed by atoms with van der Waals surface area (Å²) >= 11 is 9.23. The first-order valence-electron chi connectivity index (χ1n) is 6.00. The van der Waals surface area contributed by atoms with Gasteiger partial charge in [-0.3, -0.25) is 4.79 Å². The number of carbonyl (C=O) groups excluding carboxylic acids is 1. The number of benzene rings is 1. The van der Waals surface area contributed by atoms with Gasteiger partial charge in [-0.05, 0) is 18.2 Å². The van der Waals surface area contributed by atoms with Gasteiger partial charge in [0.2, 0.25) is 10.0 Å². The summed E-state index contributed by atoms with van der Waals surface area (Å²) < 4.78 is 37.0. The highest BCUT2D eigenvalue weighted by Gasteiger charge is 2.39. The summed E-state index contributed by atoms with van der Waals surface area (Å²) in [5.74, 6) is -0.661. The highest BCUT2D eigenvalue weighted by molar-refractivity contribution is 9.10. The highest BCUT2D eigenvalue weighted by atomic mass is 79.9. The topological polar surface area (TPSA) is 72.9 Å². The second-order valence-electron chi connectivity index (χ2n) is 4.30. The number of carbonyl (C=O) groups is 1. The molecule has 1 aliphatic rings. The summed E-state index contributed by atoms with van der Waals surface area (Å²) in [5.41, 5.74) is 0. The van der Waals surface area contributed by atoms with Crippen LogP contribution in [0.2, 0.25) is 5.02 Å². The van der Waals surface area contributed by atoms with Crippen molar-refractivity contribution in [1.82, 2.24) is 4.31 Å². The molecule has 0 bridgehead atoms. The van der Waals surface area contributed by atoms with E-state index in [0.29, 0.717) is 4.47 Å². The van der Waals surface area contributed by atoms with Crippen LogP contribution >= 0.6 is 27.5 Å². The van der Waals surface area contributed by atoms with Crippen LogP contribution in [0, 0.1) is 0 Å². The van der Waals surface area contributed by atoms with E-state index in [1.165, 1.54) is 19.2 Å². The average molecular weight is 399 g/mol. The molecule has 0 saturated carbocycles. The van der Waals surface area contributed by atoms with Crippen LogP contribution in [0.25, 0.3) is 0 Å². The lowest BCUT2D eigenvalue weighted by atomic mass is 10.3. The quantitative estimate of drug-likeness (QED) is 0.724. The molecule has 1 saturated heterocycles. The third kappa shape index (κ3) is 3.40. The molecule has 9 heteroatoms. The van der Waals surface area contributed by atoms with Gasteiger partial charge in [-0.2, -0.15) is 4.31 Å². The van der Waals surface area contributed by atoms with Crippen LogP contribution in [-0.4, -0.2) is 51.6 Å². The molecule has 1 aromatic carbocycles. The second kappa shape index (κ2) is 6.62. The van der Waals surface area contributed by atoms with Gasteiger partial charge in [-0.25, -0.2) is 8.42 Å². The molecule has 1 unspecified atom stereocenters. The predicted molar refractivity (Wildman–Crippen MR) is 79.7 cm³/mol. The molecule has 1 aliphatic heterocycles. The fourth-order valence-corrected chi connectivity index (χ4v) is 4.57. The number of sulfonamides is 1. The van der Waals surface area contributed by atoms with Crippen LogP contribution in [0.15, 0.2) is 27.6 Å². The zero-order valence-corrected chi connectivity index (χ0v) is 14.2. The zero-order valence-electron chi connectivity index (χ0n) is 11.1. The molecule has 0 N–H and O–H groups in total. The number of halogens is 2. The van der Waals surface area contributed by atoms with Crippen molar-refractivity contribution in [3.63, 3.8) is 0 Å². The minimum Gasteiger partial charge on any atom is -0.468 e. The maximum atomic E-state index is 12.7. The third-order valence-corrected chi connectivity index (χ3v) is 5.92. The molecular weight excluding hydrogens is 386 g/mol. The molecule has 1 aromatic rings. The van der Waals surface area contributed by atoms with Crippen LogP contribution in [0.5, 0.6) is 0 Å². The number of esters is 1. The smallest absolute Gasteiger partial charge is 0.326 e. The minimum absolute atomic E-state index is 0.0416. The van der Waals surface area contributed by atoms with Crippen LogP contribution in [-0.2, 0) is 24.3 Å². The molecule has 0 spiro atoms. The summed E-state index contributed by atoms with van der Waals surface area (Å²) in [7, 11) is -2.71. The fourth-order valence-electron chi connectivity index (χ4n) is 2.01. The van der Waals surface area contributed by atoms with Gasteiger partial charge in [0.05, 0.1) is 25.3 Å². The summed E-state index contributed by atoms with van der Waals surface area (Å²) in [6, 6.07) is 3.45. The van der Waals surface area contributed by atoms with E-state index in [0.717, 1.165) is 4.31 Å². The number of nitrogens with zero attached hydrogens (tertiary/aromatic N) is 1. The van der Waals surface area contributed by atoms with Crippen molar-refractivity contribution >= 4 is 43.5 Å². The molecule has 0 radical (unpaired) electrons. The maximum absolute atomic E-state index is 12.7. The van der Waals surface area contributed by atoms with Crippen molar-refractivity contribution in [2.45, 2.75) is 10.9 Å². The van der Waals surface area contributed by atoms with E-state index in [-0.39, 0.29) is 29.7 Å². The van der Waals surface area contributed by atoms with Gasteiger partial charge in [0, 0.05) is 11.0 Å². The van der Waals surface area contributed by atoms with Gasteiger partial charge >= 0.3 is 5.97 Å². The van der Waals surface area contributed by atoms with E-state index >= 15 is 0 Å². The number of ether oxygens (including phenoxy) is 2. The third-order valence-electron chi connectivity index (χ3n) is 3.03. The number of morpholine rings is 1. The van der Waals surface area contributed by atoms with Crippen molar-refractivity contribution < 1.29 is 22.7 Å². The minimum atomic E-state index is -3.91. The van der Waals surface area contributed by atoms with Gasteiger partial charge in [-0.1, -0.05) is 27.5 Å². The predicted octanol–water partition coefficient (Wildman–Crippen LogP) is 1.67. The summed E-state index contributed by atoms with van der Waals surface area (Å²) in [4.78, 5) is 11.7. The van der Waals surface area contributed by atoms with Crippen molar-refractivity contribution in [1.29, 1.82) is 0 Å². The van der Waals surface area contributed by atoms with E-state index < -0.39 is 22.0 Å². The van der Waals surface area contributed by atoms with Crippen LogP contribution in [0.3, 0.4) is 0 Å². The molecule has 1 fully saturated rings. The Morgan fingerprint density at radius 2 is 2.24 bits per heavy atom. The average Bonchev–Trinajstić information content (AvgIpc) is 2.46.